The maximum atomic E-state index is 11.6. The number of aliphatic hydroxyl groups is 2. The molecule has 2 amide bonds. The molecule has 5 nitrogen and oxygen atoms in total. The summed E-state index contributed by atoms with van der Waals surface area (Å²) in [5.74, 6) is -0.631. The minimum atomic E-state index is -0.431. The van der Waals surface area contributed by atoms with Crippen LogP contribution in [-0.4, -0.2) is 34.2 Å². The molecule has 2 aromatic carbocycles. The zero-order valence-corrected chi connectivity index (χ0v) is 12.0. The number of imide groups is 1. The summed E-state index contributed by atoms with van der Waals surface area (Å²) in [5, 5.41) is 21.5. The molecule has 2 aliphatic rings. The van der Waals surface area contributed by atoms with Crippen molar-refractivity contribution < 1.29 is 19.8 Å². The topological polar surface area (TPSA) is 86.6 Å². The normalized spacial score (nSPS) is 23.0. The Morgan fingerprint density at radius 1 is 0.864 bits per heavy atom. The number of nitrogens with one attached hydrogen (secondary N) is 1. The fraction of sp³-hybridized carbons (Fsp3) is 0.294. The molecule has 1 saturated carbocycles. The second kappa shape index (κ2) is 5.87. The highest BCUT2D eigenvalue weighted by molar-refractivity contribution is 6.25. The van der Waals surface area contributed by atoms with Crippen LogP contribution < -0.4 is 5.32 Å². The first-order valence-electron chi connectivity index (χ1n) is 7.31. The lowest BCUT2D eigenvalue weighted by Gasteiger charge is -2.15. The first kappa shape index (κ1) is 14.7. The summed E-state index contributed by atoms with van der Waals surface area (Å²) in [7, 11) is 0. The number of carbonyl (C=O) groups is 2. The van der Waals surface area contributed by atoms with Crippen LogP contribution in [0.1, 0.15) is 40.0 Å². The third-order valence-corrected chi connectivity index (χ3v) is 4.06. The van der Waals surface area contributed by atoms with E-state index in [0.717, 1.165) is 30.0 Å². The van der Waals surface area contributed by atoms with Crippen molar-refractivity contribution in [2.24, 2.45) is 0 Å². The Morgan fingerprint density at radius 2 is 1.36 bits per heavy atom. The fourth-order valence-electron chi connectivity index (χ4n) is 2.88. The van der Waals surface area contributed by atoms with Crippen molar-refractivity contribution in [2.75, 3.05) is 0 Å². The first-order valence-corrected chi connectivity index (χ1v) is 7.31. The molecule has 3 N–H and O–H groups in total. The molecular formula is C17H17NO4. The van der Waals surface area contributed by atoms with Gasteiger partial charge >= 0.3 is 0 Å². The monoisotopic (exact) mass is 299 g/mol. The molecule has 114 valence electrons. The number of hydrogen-bond donors (Lipinski definition) is 3. The van der Waals surface area contributed by atoms with Crippen LogP contribution in [0, 0.1) is 0 Å². The Bertz CT molecular complexity index is 684. The standard InChI is InChI=1S/C12H7NO2.C5H10O2/c14-11-8-5-1-3-7-4-2-6-9(10(7)8)12(15)13-11;6-4-2-1-3-5(4)7/h1-6H,(H,13,14,15);4-7H,1-3H2/t;4-,5+. The molecule has 1 heterocycles. The smallest absolute Gasteiger partial charge is 0.258 e. The van der Waals surface area contributed by atoms with Crippen LogP contribution in [0.25, 0.3) is 10.8 Å². The number of rotatable bonds is 0. The third kappa shape index (κ3) is 2.61. The largest absolute Gasteiger partial charge is 0.390 e. The van der Waals surface area contributed by atoms with E-state index in [-0.39, 0.29) is 11.8 Å². The SMILES string of the molecule is O=C1NC(=O)c2cccc3cccc1c23.O[C@@H]1CCC[C@@H]1O. The van der Waals surface area contributed by atoms with Gasteiger partial charge in [0.25, 0.3) is 11.8 Å². The summed E-state index contributed by atoms with van der Waals surface area (Å²) in [5.41, 5.74) is 1.14. The average Bonchev–Trinajstić information content (AvgIpc) is 2.89. The van der Waals surface area contributed by atoms with E-state index in [1.807, 2.05) is 24.3 Å². The van der Waals surface area contributed by atoms with Crippen LogP contribution in [0.2, 0.25) is 0 Å². The predicted molar refractivity (Wildman–Crippen MR) is 81.6 cm³/mol. The number of amides is 2. The molecule has 1 aliphatic heterocycles. The minimum Gasteiger partial charge on any atom is -0.390 e. The minimum absolute atomic E-state index is 0.315. The number of carbonyl (C=O) groups excluding carboxylic acids is 2. The van der Waals surface area contributed by atoms with E-state index >= 15 is 0 Å². The molecule has 1 aliphatic carbocycles. The molecule has 1 fully saturated rings. The van der Waals surface area contributed by atoms with E-state index < -0.39 is 12.2 Å². The van der Waals surface area contributed by atoms with Gasteiger partial charge in [-0.3, -0.25) is 14.9 Å². The summed E-state index contributed by atoms with van der Waals surface area (Å²) in [6.45, 7) is 0. The molecule has 2 aromatic rings. The van der Waals surface area contributed by atoms with Gasteiger partial charge in [-0.1, -0.05) is 24.3 Å². The Balaban J connectivity index is 0.000000174. The van der Waals surface area contributed by atoms with Gasteiger partial charge in [-0.2, -0.15) is 0 Å². The van der Waals surface area contributed by atoms with Gasteiger partial charge < -0.3 is 10.2 Å². The summed E-state index contributed by atoms with van der Waals surface area (Å²) >= 11 is 0. The Hall–Kier alpha value is -2.24. The van der Waals surface area contributed by atoms with E-state index in [0.29, 0.717) is 11.1 Å². The van der Waals surface area contributed by atoms with Crippen molar-refractivity contribution in [1.82, 2.24) is 5.32 Å². The van der Waals surface area contributed by atoms with E-state index in [1.165, 1.54) is 0 Å². The van der Waals surface area contributed by atoms with Gasteiger partial charge in [-0.25, -0.2) is 0 Å². The lowest BCUT2D eigenvalue weighted by atomic mass is 9.95. The molecule has 2 atom stereocenters. The van der Waals surface area contributed by atoms with Gasteiger partial charge in [0, 0.05) is 16.5 Å². The van der Waals surface area contributed by atoms with Crippen molar-refractivity contribution in [1.29, 1.82) is 0 Å². The zero-order valence-electron chi connectivity index (χ0n) is 12.0. The maximum Gasteiger partial charge on any atom is 0.258 e. The van der Waals surface area contributed by atoms with Gasteiger partial charge in [0.15, 0.2) is 0 Å². The molecule has 5 heteroatoms. The first-order chi connectivity index (χ1) is 10.6. The van der Waals surface area contributed by atoms with E-state index in [2.05, 4.69) is 5.32 Å². The van der Waals surface area contributed by atoms with Crippen LogP contribution in [-0.2, 0) is 0 Å². The van der Waals surface area contributed by atoms with Crippen LogP contribution in [0.5, 0.6) is 0 Å². The summed E-state index contributed by atoms with van der Waals surface area (Å²) < 4.78 is 0. The van der Waals surface area contributed by atoms with Crippen molar-refractivity contribution in [3.05, 3.63) is 47.5 Å². The van der Waals surface area contributed by atoms with E-state index in [4.69, 9.17) is 10.2 Å². The third-order valence-electron chi connectivity index (χ3n) is 4.06. The number of aliphatic hydroxyl groups excluding tert-OH is 2. The van der Waals surface area contributed by atoms with E-state index in [9.17, 15) is 9.59 Å². The maximum absolute atomic E-state index is 11.6. The van der Waals surface area contributed by atoms with Crippen LogP contribution in [0.15, 0.2) is 36.4 Å². The van der Waals surface area contributed by atoms with Crippen molar-refractivity contribution in [2.45, 2.75) is 31.5 Å². The lowest BCUT2D eigenvalue weighted by molar-refractivity contribution is 0.0438. The number of benzene rings is 2. The molecular weight excluding hydrogens is 282 g/mol. The van der Waals surface area contributed by atoms with Gasteiger partial charge in [-0.15, -0.1) is 0 Å². The van der Waals surface area contributed by atoms with E-state index in [1.54, 1.807) is 12.1 Å². The lowest BCUT2D eigenvalue weighted by Crippen LogP contribution is -2.34. The Morgan fingerprint density at radius 3 is 1.77 bits per heavy atom. The molecule has 0 spiro atoms. The fourth-order valence-corrected chi connectivity index (χ4v) is 2.88. The van der Waals surface area contributed by atoms with Crippen molar-refractivity contribution in [3.63, 3.8) is 0 Å². The molecule has 0 aromatic heterocycles. The highest BCUT2D eigenvalue weighted by atomic mass is 16.3. The number of hydrogen-bond acceptors (Lipinski definition) is 4. The zero-order chi connectivity index (χ0) is 15.7. The van der Waals surface area contributed by atoms with Gasteiger partial charge in [0.2, 0.25) is 0 Å². The molecule has 0 radical (unpaired) electrons. The summed E-state index contributed by atoms with van der Waals surface area (Å²) in [6.07, 6.45) is 1.67. The molecule has 0 bridgehead atoms. The van der Waals surface area contributed by atoms with Gasteiger partial charge in [0.05, 0.1) is 12.2 Å². The molecule has 0 saturated heterocycles. The second-order valence-corrected chi connectivity index (χ2v) is 5.56. The second-order valence-electron chi connectivity index (χ2n) is 5.56. The van der Waals surface area contributed by atoms with Crippen LogP contribution >= 0.6 is 0 Å². The highest BCUT2D eigenvalue weighted by Gasteiger charge is 2.24. The Labute approximate surface area is 127 Å². The van der Waals surface area contributed by atoms with Crippen LogP contribution in [0.3, 0.4) is 0 Å². The average molecular weight is 299 g/mol. The molecule has 22 heavy (non-hydrogen) atoms. The summed E-state index contributed by atoms with van der Waals surface area (Å²) in [6, 6.07) is 10.9. The van der Waals surface area contributed by atoms with Gasteiger partial charge in [0.1, 0.15) is 0 Å². The molecule has 4 rings (SSSR count). The van der Waals surface area contributed by atoms with Crippen LogP contribution in [0.4, 0.5) is 0 Å². The predicted octanol–water partition coefficient (Wildman–Crippen LogP) is 1.62. The summed E-state index contributed by atoms with van der Waals surface area (Å²) in [4.78, 5) is 23.1. The van der Waals surface area contributed by atoms with Gasteiger partial charge in [-0.05, 0) is 36.8 Å². The quantitative estimate of drug-likeness (QED) is 0.645. The Kier molecular flexibility index (Phi) is 3.92. The van der Waals surface area contributed by atoms with Crippen molar-refractivity contribution >= 4 is 22.6 Å². The highest BCUT2D eigenvalue weighted by Crippen LogP contribution is 2.25. The molecule has 0 unspecified atom stereocenters. The van der Waals surface area contributed by atoms with Crippen molar-refractivity contribution in [3.8, 4) is 0 Å².